The van der Waals surface area contributed by atoms with Crippen LogP contribution in [0.5, 0.6) is 0 Å². The van der Waals surface area contributed by atoms with Crippen molar-refractivity contribution in [2.75, 3.05) is 13.1 Å². The Labute approximate surface area is 113 Å². The van der Waals surface area contributed by atoms with Crippen molar-refractivity contribution < 1.29 is 13.6 Å². The molecule has 0 bridgehead atoms. The van der Waals surface area contributed by atoms with Crippen molar-refractivity contribution in [3.05, 3.63) is 23.3 Å². The highest BCUT2D eigenvalue weighted by molar-refractivity contribution is 5.90. The second-order valence-electron chi connectivity index (χ2n) is 4.43. The summed E-state index contributed by atoms with van der Waals surface area (Å²) >= 11 is 0. The molecule has 0 fully saturated rings. The number of hydrogen-bond donors (Lipinski definition) is 2. The summed E-state index contributed by atoms with van der Waals surface area (Å²) in [5, 5.41) is 5.98. The first-order chi connectivity index (χ1) is 9.32. The first-order valence-corrected chi connectivity index (χ1v) is 5.89. The molecule has 108 valence electrons. The predicted molar refractivity (Wildman–Crippen MR) is 66.6 cm³/mol. The zero-order valence-electron chi connectivity index (χ0n) is 11.0. The molecule has 0 atom stereocenters. The molecule has 0 radical (unpaired) electrons. The van der Waals surface area contributed by atoms with Gasteiger partial charge in [0.25, 0.3) is 17.6 Å². The highest BCUT2D eigenvalue weighted by atomic mass is 19.3. The first-order valence-electron chi connectivity index (χ1n) is 5.89. The van der Waals surface area contributed by atoms with Crippen LogP contribution >= 0.6 is 0 Å². The van der Waals surface area contributed by atoms with E-state index in [1.165, 1.54) is 4.52 Å². The molecule has 0 unspecified atom stereocenters. The van der Waals surface area contributed by atoms with E-state index in [0.29, 0.717) is 0 Å². The quantitative estimate of drug-likeness (QED) is 0.827. The molecule has 0 aliphatic carbocycles. The summed E-state index contributed by atoms with van der Waals surface area (Å²) in [5.74, 6) is -3.91. The molecule has 2 aromatic heterocycles. The second-order valence-corrected chi connectivity index (χ2v) is 4.43. The van der Waals surface area contributed by atoms with Crippen LogP contribution in [0.3, 0.4) is 0 Å². The number of nitrogens with zero attached hydrogens (tertiary/aromatic N) is 4. The number of rotatable bonds is 4. The van der Waals surface area contributed by atoms with Crippen molar-refractivity contribution in [2.45, 2.75) is 19.8 Å². The third-order valence-electron chi connectivity index (χ3n) is 2.63. The monoisotopic (exact) mass is 284 g/mol. The van der Waals surface area contributed by atoms with Gasteiger partial charge in [-0.2, -0.15) is 4.98 Å². The largest absolute Gasteiger partial charge is 0.343 e. The topological polar surface area (TPSA) is 98.2 Å². The summed E-state index contributed by atoms with van der Waals surface area (Å²) < 4.78 is 27.3. The Morgan fingerprint density at radius 2 is 2.15 bits per heavy atom. The maximum absolute atomic E-state index is 13.0. The van der Waals surface area contributed by atoms with Gasteiger partial charge in [-0.1, -0.05) is 0 Å². The number of aromatic nitrogens is 4. The Bertz CT molecular complexity index is 654. The van der Waals surface area contributed by atoms with Gasteiger partial charge in [-0.15, -0.1) is 5.10 Å². The van der Waals surface area contributed by atoms with Gasteiger partial charge in [0, 0.05) is 11.4 Å². The lowest BCUT2D eigenvalue weighted by molar-refractivity contribution is 0.0117. The molecule has 2 heterocycles. The van der Waals surface area contributed by atoms with E-state index < -0.39 is 24.9 Å². The summed E-state index contributed by atoms with van der Waals surface area (Å²) in [7, 11) is 0. The van der Waals surface area contributed by atoms with Gasteiger partial charge < -0.3 is 11.1 Å². The number of fused-ring (bicyclic) bond motifs is 1. The van der Waals surface area contributed by atoms with Crippen LogP contribution in [0.2, 0.25) is 0 Å². The molecule has 7 nitrogen and oxygen atoms in total. The van der Waals surface area contributed by atoms with Gasteiger partial charge in [0.1, 0.15) is 0 Å². The molecular formula is C11H14F2N6O. The van der Waals surface area contributed by atoms with Crippen molar-refractivity contribution >= 4 is 11.7 Å². The SMILES string of the molecule is Cc1cc(C)n2nc(C(=O)NCC(F)(F)CN)nc2n1. The predicted octanol–water partition coefficient (Wildman–Crippen LogP) is 0.0649. The van der Waals surface area contributed by atoms with Gasteiger partial charge in [0.05, 0.1) is 13.1 Å². The van der Waals surface area contributed by atoms with E-state index in [1.54, 1.807) is 19.9 Å². The molecule has 0 saturated heterocycles. The smallest absolute Gasteiger partial charge is 0.291 e. The maximum atomic E-state index is 13.0. The molecular weight excluding hydrogens is 270 g/mol. The Kier molecular flexibility index (Phi) is 3.62. The summed E-state index contributed by atoms with van der Waals surface area (Å²) in [6.45, 7) is 1.86. The fourth-order valence-electron chi connectivity index (χ4n) is 1.62. The number of nitrogens with one attached hydrogen (secondary N) is 1. The van der Waals surface area contributed by atoms with Crippen LogP contribution in [0.15, 0.2) is 6.07 Å². The minimum atomic E-state index is -3.15. The Hall–Kier alpha value is -2.16. The standard InChI is InChI=1S/C11H14F2N6O/c1-6-3-7(2)19-10(16-6)17-8(18-19)9(20)15-5-11(12,13)4-14/h3H,4-5,14H2,1-2H3,(H,15,20). The molecule has 0 spiro atoms. The molecule has 0 aliphatic heterocycles. The summed E-state index contributed by atoms with van der Waals surface area (Å²) in [6.07, 6.45) is 0. The number of carbonyl (C=O) groups is 1. The minimum absolute atomic E-state index is 0.209. The number of alkyl halides is 2. The minimum Gasteiger partial charge on any atom is -0.343 e. The number of halogens is 2. The number of hydrogen-bond acceptors (Lipinski definition) is 5. The van der Waals surface area contributed by atoms with Gasteiger partial charge in [0.2, 0.25) is 5.82 Å². The van der Waals surface area contributed by atoms with Crippen LogP contribution in [0.4, 0.5) is 8.78 Å². The van der Waals surface area contributed by atoms with Gasteiger partial charge in [0.15, 0.2) is 0 Å². The normalized spacial score (nSPS) is 11.8. The van der Waals surface area contributed by atoms with Crippen molar-refractivity contribution in [1.82, 2.24) is 24.9 Å². The average Bonchev–Trinajstić information content (AvgIpc) is 2.80. The number of carbonyl (C=O) groups excluding carboxylic acids is 1. The molecule has 2 aromatic rings. The molecule has 0 aromatic carbocycles. The van der Waals surface area contributed by atoms with E-state index in [4.69, 9.17) is 5.73 Å². The zero-order chi connectivity index (χ0) is 14.9. The highest BCUT2D eigenvalue weighted by Crippen LogP contribution is 2.09. The van der Waals surface area contributed by atoms with Gasteiger partial charge in [-0.05, 0) is 19.9 Å². The summed E-state index contributed by atoms with van der Waals surface area (Å²) in [4.78, 5) is 19.7. The van der Waals surface area contributed by atoms with Gasteiger partial charge in [-0.25, -0.2) is 18.3 Å². The van der Waals surface area contributed by atoms with Gasteiger partial charge in [-0.3, -0.25) is 4.79 Å². The molecule has 1 amide bonds. The van der Waals surface area contributed by atoms with Crippen molar-refractivity contribution in [1.29, 1.82) is 0 Å². The molecule has 9 heteroatoms. The molecule has 0 aliphatic rings. The lowest BCUT2D eigenvalue weighted by Gasteiger charge is -2.13. The lowest BCUT2D eigenvalue weighted by Crippen LogP contribution is -2.41. The molecule has 0 saturated carbocycles. The number of nitrogens with two attached hydrogens (primary N) is 1. The van der Waals surface area contributed by atoms with Crippen molar-refractivity contribution in [3.8, 4) is 0 Å². The Morgan fingerprint density at radius 1 is 1.45 bits per heavy atom. The summed E-state index contributed by atoms with van der Waals surface area (Å²) in [5.41, 5.74) is 6.35. The van der Waals surface area contributed by atoms with Crippen LogP contribution in [-0.4, -0.2) is 44.5 Å². The number of amides is 1. The first kappa shape index (κ1) is 14.3. The van der Waals surface area contributed by atoms with Crippen LogP contribution in [0, 0.1) is 13.8 Å². The second kappa shape index (κ2) is 5.08. The zero-order valence-corrected chi connectivity index (χ0v) is 11.0. The van der Waals surface area contributed by atoms with Gasteiger partial charge >= 0.3 is 0 Å². The summed E-state index contributed by atoms with van der Waals surface area (Å²) in [6, 6.07) is 1.77. The van der Waals surface area contributed by atoms with Crippen LogP contribution in [0.1, 0.15) is 22.0 Å². The highest BCUT2D eigenvalue weighted by Gasteiger charge is 2.28. The molecule has 2 rings (SSSR count). The van der Waals surface area contributed by atoms with Crippen molar-refractivity contribution in [3.63, 3.8) is 0 Å². The van der Waals surface area contributed by atoms with E-state index >= 15 is 0 Å². The maximum Gasteiger partial charge on any atom is 0.291 e. The van der Waals surface area contributed by atoms with Crippen LogP contribution in [-0.2, 0) is 0 Å². The lowest BCUT2D eigenvalue weighted by atomic mass is 10.3. The Balaban J connectivity index is 2.21. The van der Waals surface area contributed by atoms with E-state index in [1.807, 2.05) is 0 Å². The van der Waals surface area contributed by atoms with E-state index in [0.717, 1.165) is 11.4 Å². The molecule has 20 heavy (non-hydrogen) atoms. The van der Waals surface area contributed by atoms with E-state index in [2.05, 4.69) is 20.4 Å². The van der Waals surface area contributed by atoms with Crippen molar-refractivity contribution in [2.24, 2.45) is 5.73 Å². The van der Waals surface area contributed by atoms with E-state index in [-0.39, 0.29) is 11.6 Å². The molecule has 3 N–H and O–H groups in total. The third kappa shape index (κ3) is 2.87. The third-order valence-corrected chi connectivity index (χ3v) is 2.63. The van der Waals surface area contributed by atoms with Crippen LogP contribution in [0.25, 0.3) is 5.78 Å². The van der Waals surface area contributed by atoms with E-state index in [9.17, 15) is 13.6 Å². The Morgan fingerprint density at radius 3 is 2.80 bits per heavy atom. The van der Waals surface area contributed by atoms with Crippen LogP contribution < -0.4 is 11.1 Å². The fraction of sp³-hybridized carbons (Fsp3) is 0.455. The number of aryl methyl sites for hydroxylation is 2. The average molecular weight is 284 g/mol. The fourth-order valence-corrected chi connectivity index (χ4v) is 1.62.